The zero-order chi connectivity index (χ0) is 17.2. The monoisotopic (exact) mass is 373 g/mol. The molecule has 0 radical (unpaired) electrons. The third-order valence-electron chi connectivity index (χ3n) is 2.83. The van der Waals surface area contributed by atoms with Crippen LogP contribution in [0.1, 0.15) is 12.5 Å². The van der Waals surface area contributed by atoms with Gasteiger partial charge in [0.05, 0.1) is 16.4 Å². The highest BCUT2D eigenvalue weighted by Gasteiger charge is 2.16. The Bertz CT molecular complexity index is 870. The van der Waals surface area contributed by atoms with Gasteiger partial charge in [0.25, 0.3) is 10.0 Å². The van der Waals surface area contributed by atoms with E-state index in [1.807, 2.05) is 0 Å². The SMILES string of the molecule is CC(=O)Nc1cc(NS(=O)(=O)c2cnc(Cl)c(C)c2)ccc1Cl. The fourth-order valence-corrected chi connectivity index (χ4v) is 3.11. The van der Waals surface area contributed by atoms with E-state index in [1.165, 1.54) is 37.4 Å². The standard InChI is InChI=1S/C14H13Cl2N3O3S/c1-8-5-11(7-17-14(8)16)23(21,22)19-10-3-4-12(15)13(6-10)18-9(2)20/h3-7,19H,1-2H3,(H,18,20). The Labute approximate surface area is 143 Å². The van der Waals surface area contributed by atoms with Crippen LogP contribution in [0.15, 0.2) is 35.4 Å². The second-order valence-corrected chi connectivity index (χ2v) is 7.21. The van der Waals surface area contributed by atoms with E-state index in [2.05, 4.69) is 15.0 Å². The number of carbonyl (C=O) groups is 1. The van der Waals surface area contributed by atoms with Crippen LogP contribution in [-0.4, -0.2) is 19.3 Å². The average molecular weight is 374 g/mol. The number of sulfonamides is 1. The molecule has 0 bridgehead atoms. The lowest BCUT2D eigenvalue weighted by Crippen LogP contribution is -2.14. The second-order valence-electron chi connectivity index (χ2n) is 4.76. The van der Waals surface area contributed by atoms with E-state index in [0.29, 0.717) is 16.3 Å². The van der Waals surface area contributed by atoms with Crippen LogP contribution in [0, 0.1) is 6.92 Å². The highest BCUT2D eigenvalue weighted by Crippen LogP contribution is 2.27. The summed E-state index contributed by atoms with van der Waals surface area (Å²) in [5.74, 6) is -0.315. The summed E-state index contributed by atoms with van der Waals surface area (Å²) in [4.78, 5) is 14.9. The van der Waals surface area contributed by atoms with Crippen LogP contribution >= 0.6 is 23.2 Å². The van der Waals surface area contributed by atoms with Gasteiger partial charge >= 0.3 is 0 Å². The van der Waals surface area contributed by atoms with Crippen molar-refractivity contribution >= 4 is 50.5 Å². The number of benzene rings is 1. The van der Waals surface area contributed by atoms with Gasteiger partial charge in [0, 0.05) is 13.1 Å². The minimum Gasteiger partial charge on any atom is -0.325 e. The molecule has 0 spiro atoms. The number of amides is 1. The lowest BCUT2D eigenvalue weighted by molar-refractivity contribution is -0.114. The molecule has 1 heterocycles. The zero-order valence-electron chi connectivity index (χ0n) is 12.2. The number of hydrogen-bond donors (Lipinski definition) is 2. The molecule has 2 rings (SSSR count). The number of nitrogens with one attached hydrogen (secondary N) is 2. The minimum absolute atomic E-state index is 0.0181. The molecule has 0 fully saturated rings. The normalized spacial score (nSPS) is 11.1. The molecule has 0 unspecified atom stereocenters. The van der Waals surface area contributed by atoms with Gasteiger partial charge in [0.15, 0.2) is 0 Å². The van der Waals surface area contributed by atoms with Gasteiger partial charge in [-0.2, -0.15) is 0 Å². The van der Waals surface area contributed by atoms with Gasteiger partial charge in [0.1, 0.15) is 10.0 Å². The highest BCUT2D eigenvalue weighted by molar-refractivity contribution is 7.92. The summed E-state index contributed by atoms with van der Waals surface area (Å²) in [7, 11) is -3.84. The summed E-state index contributed by atoms with van der Waals surface area (Å²) in [6.45, 7) is 2.99. The molecule has 0 aliphatic heterocycles. The lowest BCUT2D eigenvalue weighted by Gasteiger charge is -2.11. The van der Waals surface area contributed by atoms with Gasteiger partial charge in [-0.1, -0.05) is 23.2 Å². The van der Waals surface area contributed by atoms with E-state index < -0.39 is 10.0 Å². The first-order valence-corrected chi connectivity index (χ1v) is 8.65. The third-order valence-corrected chi connectivity index (χ3v) is 4.90. The fraction of sp³-hybridized carbons (Fsp3) is 0.143. The smallest absolute Gasteiger partial charge is 0.263 e. The molecule has 1 aromatic carbocycles. The largest absolute Gasteiger partial charge is 0.325 e. The Morgan fingerprint density at radius 3 is 2.52 bits per heavy atom. The number of aryl methyl sites for hydroxylation is 1. The molecule has 2 aromatic rings. The summed E-state index contributed by atoms with van der Waals surface area (Å²) in [6.07, 6.45) is 1.17. The Morgan fingerprint density at radius 2 is 1.91 bits per heavy atom. The van der Waals surface area contributed by atoms with Crippen molar-refractivity contribution in [2.75, 3.05) is 10.0 Å². The van der Waals surface area contributed by atoms with Gasteiger partial charge in [0.2, 0.25) is 5.91 Å². The molecule has 122 valence electrons. The van der Waals surface area contributed by atoms with Crippen LogP contribution in [0.3, 0.4) is 0 Å². The molecule has 23 heavy (non-hydrogen) atoms. The van der Waals surface area contributed by atoms with Crippen LogP contribution in [-0.2, 0) is 14.8 Å². The maximum atomic E-state index is 12.4. The van der Waals surface area contributed by atoms with Crippen molar-refractivity contribution in [1.29, 1.82) is 0 Å². The third kappa shape index (κ3) is 4.34. The topological polar surface area (TPSA) is 88.2 Å². The molecule has 2 N–H and O–H groups in total. The van der Waals surface area contributed by atoms with Crippen molar-refractivity contribution in [3.63, 3.8) is 0 Å². The molecule has 1 amide bonds. The average Bonchev–Trinajstić information content (AvgIpc) is 2.44. The van der Waals surface area contributed by atoms with Crippen LogP contribution in [0.5, 0.6) is 0 Å². The van der Waals surface area contributed by atoms with Crippen molar-refractivity contribution < 1.29 is 13.2 Å². The zero-order valence-corrected chi connectivity index (χ0v) is 14.6. The van der Waals surface area contributed by atoms with Crippen molar-refractivity contribution in [3.8, 4) is 0 Å². The molecule has 0 atom stereocenters. The number of pyridine rings is 1. The number of carbonyl (C=O) groups excluding carboxylic acids is 1. The van der Waals surface area contributed by atoms with Gasteiger partial charge in [-0.05, 0) is 36.8 Å². The molecule has 9 heteroatoms. The molecule has 0 aliphatic rings. The van der Waals surface area contributed by atoms with Gasteiger partial charge in [-0.3, -0.25) is 9.52 Å². The summed E-state index contributed by atoms with van der Waals surface area (Å²) >= 11 is 11.7. The summed E-state index contributed by atoms with van der Waals surface area (Å²) in [5.41, 5.74) is 1.11. The second kappa shape index (κ2) is 6.74. The van der Waals surface area contributed by atoms with Crippen LogP contribution in [0.25, 0.3) is 0 Å². The number of halogens is 2. The Balaban J connectivity index is 2.33. The lowest BCUT2D eigenvalue weighted by atomic mass is 10.3. The predicted octanol–water partition coefficient (Wildman–Crippen LogP) is 3.46. The van der Waals surface area contributed by atoms with E-state index >= 15 is 0 Å². The highest BCUT2D eigenvalue weighted by atomic mass is 35.5. The number of rotatable bonds is 4. The van der Waals surface area contributed by atoms with Crippen LogP contribution in [0.4, 0.5) is 11.4 Å². The van der Waals surface area contributed by atoms with E-state index in [9.17, 15) is 13.2 Å². The van der Waals surface area contributed by atoms with Crippen molar-refractivity contribution in [2.24, 2.45) is 0 Å². The Hall–Kier alpha value is -1.83. The van der Waals surface area contributed by atoms with E-state index in [-0.39, 0.29) is 21.6 Å². The van der Waals surface area contributed by atoms with E-state index in [0.717, 1.165) is 0 Å². The molecule has 0 aliphatic carbocycles. The van der Waals surface area contributed by atoms with E-state index in [4.69, 9.17) is 23.2 Å². The molecule has 0 saturated carbocycles. The molecule has 6 nitrogen and oxygen atoms in total. The summed E-state index contributed by atoms with van der Waals surface area (Å²) in [5, 5.41) is 3.06. The maximum Gasteiger partial charge on any atom is 0.263 e. The van der Waals surface area contributed by atoms with Crippen molar-refractivity contribution in [3.05, 3.63) is 46.2 Å². The first-order valence-electron chi connectivity index (χ1n) is 6.41. The van der Waals surface area contributed by atoms with E-state index in [1.54, 1.807) is 6.92 Å². The number of hydrogen-bond acceptors (Lipinski definition) is 4. The van der Waals surface area contributed by atoms with Gasteiger partial charge in [-0.15, -0.1) is 0 Å². The summed E-state index contributed by atoms with van der Waals surface area (Å²) < 4.78 is 27.1. The number of anilines is 2. The predicted molar refractivity (Wildman–Crippen MR) is 90.5 cm³/mol. The van der Waals surface area contributed by atoms with Gasteiger partial charge in [-0.25, -0.2) is 13.4 Å². The maximum absolute atomic E-state index is 12.4. The number of nitrogens with zero attached hydrogens (tertiary/aromatic N) is 1. The Morgan fingerprint density at radius 1 is 1.22 bits per heavy atom. The molecular weight excluding hydrogens is 361 g/mol. The quantitative estimate of drug-likeness (QED) is 0.803. The fourth-order valence-electron chi connectivity index (χ4n) is 1.77. The van der Waals surface area contributed by atoms with Gasteiger partial charge < -0.3 is 5.32 Å². The van der Waals surface area contributed by atoms with Crippen LogP contribution < -0.4 is 10.0 Å². The van der Waals surface area contributed by atoms with Crippen molar-refractivity contribution in [2.45, 2.75) is 18.7 Å². The minimum atomic E-state index is -3.84. The summed E-state index contributed by atoms with van der Waals surface area (Å²) in [6, 6.07) is 5.82. The first-order chi connectivity index (χ1) is 10.7. The van der Waals surface area contributed by atoms with Crippen LogP contribution in [0.2, 0.25) is 10.2 Å². The molecule has 1 aromatic heterocycles. The molecule has 0 saturated heterocycles. The Kier molecular flexibility index (Phi) is 5.13. The van der Waals surface area contributed by atoms with Crippen molar-refractivity contribution in [1.82, 2.24) is 4.98 Å². The number of aromatic nitrogens is 1. The molecular formula is C14H13Cl2N3O3S. The first kappa shape index (κ1) is 17.5.